The molecule has 1 aromatic rings. The second-order valence-corrected chi connectivity index (χ2v) is 5.98. The zero-order chi connectivity index (χ0) is 13.6. The lowest BCUT2D eigenvalue weighted by Crippen LogP contribution is -2.52. The van der Waals surface area contributed by atoms with Gasteiger partial charge in [-0.1, -0.05) is 69.9 Å². The number of rotatable bonds is 8. The molecule has 1 nitrogen and oxygen atoms in total. The van der Waals surface area contributed by atoms with Crippen molar-refractivity contribution >= 4 is 0 Å². The van der Waals surface area contributed by atoms with Crippen LogP contribution in [0.4, 0.5) is 0 Å². The van der Waals surface area contributed by atoms with E-state index < -0.39 is 0 Å². The van der Waals surface area contributed by atoms with E-state index in [-0.39, 0.29) is 0 Å². The molecule has 1 aliphatic rings. The van der Waals surface area contributed by atoms with E-state index in [0.717, 1.165) is 6.54 Å². The SMILES string of the molecule is CCCCCC(NCC)C1(c2ccccc2)CCC1. The maximum atomic E-state index is 3.78. The summed E-state index contributed by atoms with van der Waals surface area (Å²) in [4.78, 5) is 0. The largest absolute Gasteiger partial charge is 0.313 e. The molecule has 0 amide bonds. The van der Waals surface area contributed by atoms with E-state index in [1.54, 1.807) is 5.56 Å². The Labute approximate surface area is 118 Å². The normalized spacial score (nSPS) is 18.8. The number of hydrogen-bond acceptors (Lipinski definition) is 1. The molecule has 0 aromatic heterocycles. The molecule has 1 fully saturated rings. The average molecular weight is 259 g/mol. The lowest BCUT2D eigenvalue weighted by atomic mass is 9.59. The van der Waals surface area contributed by atoms with Gasteiger partial charge >= 0.3 is 0 Å². The number of unbranched alkanes of at least 4 members (excludes halogenated alkanes) is 2. The van der Waals surface area contributed by atoms with E-state index in [2.05, 4.69) is 49.5 Å². The summed E-state index contributed by atoms with van der Waals surface area (Å²) < 4.78 is 0. The molecule has 1 heteroatoms. The standard InChI is InChI=1S/C18H29N/c1-3-5-7-13-17(19-4-2)18(14-10-15-18)16-11-8-6-9-12-16/h6,8-9,11-12,17,19H,3-5,7,10,13-15H2,1-2H3. The monoisotopic (exact) mass is 259 g/mol. The first-order chi connectivity index (χ1) is 9.33. The molecule has 0 aliphatic heterocycles. The van der Waals surface area contributed by atoms with Gasteiger partial charge in [0.05, 0.1) is 0 Å². The molecule has 2 rings (SSSR count). The van der Waals surface area contributed by atoms with Crippen LogP contribution in [-0.2, 0) is 5.41 Å². The molecule has 0 saturated heterocycles. The first-order valence-corrected chi connectivity index (χ1v) is 8.12. The Hall–Kier alpha value is -0.820. The van der Waals surface area contributed by atoms with Crippen LogP contribution < -0.4 is 5.32 Å². The van der Waals surface area contributed by atoms with Crippen molar-refractivity contribution in [2.75, 3.05) is 6.54 Å². The van der Waals surface area contributed by atoms with Crippen molar-refractivity contribution in [2.45, 2.75) is 70.3 Å². The molecular weight excluding hydrogens is 230 g/mol. The topological polar surface area (TPSA) is 12.0 Å². The Morgan fingerprint density at radius 2 is 1.84 bits per heavy atom. The fourth-order valence-corrected chi connectivity index (χ4v) is 3.58. The highest BCUT2D eigenvalue weighted by Crippen LogP contribution is 2.47. The summed E-state index contributed by atoms with van der Waals surface area (Å²) in [6.45, 7) is 5.62. The summed E-state index contributed by atoms with van der Waals surface area (Å²) in [5, 5.41) is 3.78. The highest BCUT2D eigenvalue weighted by atomic mass is 14.9. The summed E-state index contributed by atoms with van der Waals surface area (Å²) >= 11 is 0. The minimum atomic E-state index is 0.422. The average Bonchev–Trinajstić information content (AvgIpc) is 2.39. The fraction of sp³-hybridized carbons (Fsp3) is 0.667. The van der Waals surface area contributed by atoms with Crippen LogP contribution in [0.1, 0.15) is 64.4 Å². The summed E-state index contributed by atoms with van der Waals surface area (Å²) in [5.74, 6) is 0. The van der Waals surface area contributed by atoms with Gasteiger partial charge in [0, 0.05) is 11.5 Å². The van der Waals surface area contributed by atoms with Crippen LogP contribution in [0.15, 0.2) is 30.3 Å². The first-order valence-electron chi connectivity index (χ1n) is 8.12. The van der Waals surface area contributed by atoms with Gasteiger partial charge in [0.1, 0.15) is 0 Å². The van der Waals surface area contributed by atoms with Crippen LogP contribution in [0.5, 0.6) is 0 Å². The molecule has 0 heterocycles. The lowest BCUT2D eigenvalue weighted by Gasteiger charge is -2.49. The second kappa shape index (κ2) is 7.09. The third kappa shape index (κ3) is 3.20. The Bertz CT molecular complexity index is 353. The lowest BCUT2D eigenvalue weighted by molar-refractivity contribution is 0.160. The molecule has 1 unspecified atom stereocenters. The first kappa shape index (κ1) is 14.6. The van der Waals surface area contributed by atoms with E-state index in [0.29, 0.717) is 11.5 Å². The molecule has 0 radical (unpaired) electrons. The second-order valence-electron chi connectivity index (χ2n) is 5.98. The van der Waals surface area contributed by atoms with Crippen LogP contribution >= 0.6 is 0 Å². The number of hydrogen-bond donors (Lipinski definition) is 1. The van der Waals surface area contributed by atoms with Crippen molar-refractivity contribution in [1.29, 1.82) is 0 Å². The van der Waals surface area contributed by atoms with E-state index >= 15 is 0 Å². The summed E-state index contributed by atoms with van der Waals surface area (Å²) in [7, 11) is 0. The molecule has 1 N–H and O–H groups in total. The van der Waals surface area contributed by atoms with Crippen LogP contribution in [0.3, 0.4) is 0 Å². The molecule has 0 bridgehead atoms. The quantitative estimate of drug-likeness (QED) is 0.669. The Morgan fingerprint density at radius 1 is 1.11 bits per heavy atom. The molecule has 19 heavy (non-hydrogen) atoms. The predicted molar refractivity (Wildman–Crippen MR) is 83.6 cm³/mol. The fourth-order valence-electron chi connectivity index (χ4n) is 3.58. The minimum Gasteiger partial charge on any atom is -0.313 e. The molecule has 1 aromatic carbocycles. The van der Waals surface area contributed by atoms with E-state index in [4.69, 9.17) is 0 Å². The van der Waals surface area contributed by atoms with Gasteiger partial charge in [-0.3, -0.25) is 0 Å². The summed E-state index contributed by atoms with van der Waals surface area (Å²) in [5.41, 5.74) is 1.98. The van der Waals surface area contributed by atoms with Crippen molar-refractivity contribution in [3.05, 3.63) is 35.9 Å². The predicted octanol–water partition coefficient (Wildman–Crippen LogP) is 4.67. The molecule has 1 aliphatic carbocycles. The zero-order valence-corrected chi connectivity index (χ0v) is 12.6. The van der Waals surface area contributed by atoms with E-state index in [1.165, 1.54) is 44.9 Å². The van der Waals surface area contributed by atoms with Crippen LogP contribution in [0.25, 0.3) is 0 Å². The molecule has 0 spiro atoms. The van der Waals surface area contributed by atoms with Crippen LogP contribution in [-0.4, -0.2) is 12.6 Å². The highest BCUT2D eigenvalue weighted by Gasteiger charge is 2.44. The summed E-state index contributed by atoms with van der Waals surface area (Å²) in [6.07, 6.45) is 9.50. The van der Waals surface area contributed by atoms with E-state index in [9.17, 15) is 0 Å². The van der Waals surface area contributed by atoms with Crippen molar-refractivity contribution in [2.24, 2.45) is 0 Å². The van der Waals surface area contributed by atoms with Crippen molar-refractivity contribution < 1.29 is 0 Å². The molecule has 1 saturated carbocycles. The smallest absolute Gasteiger partial charge is 0.0164 e. The Balaban J connectivity index is 2.12. The number of likely N-dealkylation sites (N-methyl/N-ethyl adjacent to an activating group) is 1. The van der Waals surface area contributed by atoms with Gasteiger partial charge in [-0.25, -0.2) is 0 Å². The number of nitrogens with one attached hydrogen (secondary N) is 1. The third-order valence-corrected chi connectivity index (χ3v) is 4.81. The van der Waals surface area contributed by atoms with Crippen molar-refractivity contribution in [3.8, 4) is 0 Å². The van der Waals surface area contributed by atoms with Crippen molar-refractivity contribution in [3.63, 3.8) is 0 Å². The third-order valence-electron chi connectivity index (χ3n) is 4.81. The molecule has 106 valence electrons. The molecular formula is C18H29N. The van der Waals surface area contributed by atoms with Gasteiger partial charge in [0.15, 0.2) is 0 Å². The number of benzene rings is 1. The summed E-state index contributed by atoms with van der Waals surface area (Å²) in [6, 6.07) is 11.9. The minimum absolute atomic E-state index is 0.422. The zero-order valence-electron chi connectivity index (χ0n) is 12.6. The van der Waals surface area contributed by atoms with Crippen LogP contribution in [0.2, 0.25) is 0 Å². The van der Waals surface area contributed by atoms with Gasteiger partial charge in [0.2, 0.25) is 0 Å². The highest BCUT2D eigenvalue weighted by molar-refractivity contribution is 5.30. The van der Waals surface area contributed by atoms with Gasteiger partial charge < -0.3 is 5.32 Å². The van der Waals surface area contributed by atoms with Crippen LogP contribution in [0, 0.1) is 0 Å². The van der Waals surface area contributed by atoms with E-state index in [1.807, 2.05) is 0 Å². The van der Waals surface area contributed by atoms with Gasteiger partial charge in [0.25, 0.3) is 0 Å². The van der Waals surface area contributed by atoms with Crippen molar-refractivity contribution in [1.82, 2.24) is 5.32 Å². The Morgan fingerprint density at radius 3 is 2.37 bits per heavy atom. The van der Waals surface area contributed by atoms with Gasteiger partial charge in [-0.2, -0.15) is 0 Å². The van der Waals surface area contributed by atoms with Gasteiger partial charge in [-0.05, 0) is 31.4 Å². The Kier molecular flexibility index (Phi) is 5.45. The maximum absolute atomic E-state index is 3.78. The van der Waals surface area contributed by atoms with Gasteiger partial charge in [-0.15, -0.1) is 0 Å². The maximum Gasteiger partial charge on any atom is 0.0164 e. The molecule has 1 atom stereocenters.